The monoisotopic (exact) mass is 275 g/mol. The molecule has 0 unspecified atom stereocenters. The fourth-order valence-electron chi connectivity index (χ4n) is 1.14. The lowest BCUT2D eigenvalue weighted by molar-refractivity contribution is -0.118. The molecular weight excluding hydrogens is 266 g/mol. The second-order valence-electron chi connectivity index (χ2n) is 3.42. The van der Waals surface area contributed by atoms with Crippen molar-refractivity contribution in [3.63, 3.8) is 0 Å². The Morgan fingerprint density at radius 3 is 2.29 bits per heavy atom. The number of amides is 2. The zero-order valence-corrected chi connectivity index (χ0v) is 10.7. The molecule has 0 bridgehead atoms. The van der Waals surface area contributed by atoms with Crippen molar-refractivity contribution in [1.82, 2.24) is 5.32 Å². The van der Waals surface area contributed by atoms with Gasteiger partial charge in [0, 0.05) is 13.2 Å². The summed E-state index contributed by atoms with van der Waals surface area (Å²) in [5.74, 6) is -1.18. The first-order chi connectivity index (χ1) is 7.71. The maximum atomic E-state index is 11.5. The average molecular weight is 276 g/mol. The molecule has 7 heteroatoms. The van der Waals surface area contributed by atoms with Gasteiger partial charge in [0.25, 0.3) is 5.91 Å². The van der Waals surface area contributed by atoms with E-state index in [1.54, 1.807) is 0 Å². The van der Waals surface area contributed by atoms with E-state index >= 15 is 0 Å². The smallest absolute Gasteiger partial charge is 0.259 e. The molecule has 92 valence electrons. The van der Waals surface area contributed by atoms with Crippen LogP contribution in [-0.2, 0) is 14.6 Å². The van der Waals surface area contributed by atoms with Crippen LogP contribution in [0.25, 0.3) is 0 Å². The largest absolute Gasteiger partial charge is 0.293 e. The van der Waals surface area contributed by atoms with E-state index in [9.17, 15) is 18.0 Å². The van der Waals surface area contributed by atoms with Crippen molar-refractivity contribution in [3.05, 3.63) is 28.8 Å². The van der Waals surface area contributed by atoms with Gasteiger partial charge in [0.05, 0.1) is 15.5 Å². The van der Waals surface area contributed by atoms with Crippen LogP contribution in [0.2, 0.25) is 5.02 Å². The standard InChI is InChI=1S/C10H10ClNO4S/c1-6(13)12-10(14)8-4-3-7(5-9(8)11)17(2,15)16/h3-5H,1-2H3,(H,12,13,14). The summed E-state index contributed by atoms with van der Waals surface area (Å²) in [6.45, 7) is 1.19. The van der Waals surface area contributed by atoms with Crippen LogP contribution in [0, 0.1) is 0 Å². The van der Waals surface area contributed by atoms with E-state index in [4.69, 9.17) is 11.6 Å². The molecule has 0 aliphatic rings. The summed E-state index contributed by atoms with van der Waals surface area (Å²) >= 11 is 5.78. The lowest BCUT2D eigenvalue weighted by Crippen LogP contribution is -2.28. The fraction of sp³-hybridized carbons (Fsp3) is 0.200. The quantitative estimate of drug-likeness (QED) is 0.874. The lowest BCUT2D eigenvalue weighted by Gasteiger charge is -2.05. The predicted molar refractivity (Wildman–Crippen MR) is 62.7 cm³/mol. The van der Waals surface area contributed by atoms with Crippen molar-refractivity contribution in [2.45, 2.75) is 11.8 Å². The summed E-state index contributed by atoms with van der Waals surface area (Å²) in [6.07, 6.45) is 1.04. The van der Waals surface area contributed by atoms with E-state index in [0.29, 0.717) is 0 Å². The van der Waals surface area contributed by atoms with E-state index in [2.05, 4.69) is 0 Å². The van der Waals surface area contributed by atoms with Crippen molar-refractivity contribution >= 4 is 33.3 Å². The van der Waals surface area contributed by atoms with Crippen molar-refractivity contribution in [2.75, 3.05) is 6.26 Å². The van der Waals surface area contributed by atoms with Gasteiger partial charge < -0.3 is 0 Å². The Hall–Kier alpha value is -1.40. The minimum Gasteiger partial charge on any atom is -0.293 e. The van der Waals surface area contributed by atoms with Gasteiger partial charge in [-0.2, -0.15) is 0 Å². The van der Waals surface area contributed by atoms with Gasteiger partial charge in [0.15, 0.2) is 9.84 Å². The number of halogens is 1. The number of benzene rings is 1. The molecule has 5 nitrogen and oxygen atoms in total. The van der Waals surface area contributed by atoms with Crippen molar-refractivity contribution in [1.29, 1.82) is 0 Å². The maximum Gasteiger partial charge on any atom is 0.259 e. The average Bonchev–Trinajstić information content (AvgIpc) is 2.14. The normalized spacial score (nSPS) is 11.0. The van der Waals surface area contributed by atoms with Gasteiger partial charge in [-0.1, -0.05) is 11.6 Å². The van der Waals surface area contributed by atoms with Gasteiger partial charge in [-0.3, -0.25) is 14.9 Å². The number of rotatable bonds is 2. The van der Waals surface area contributed by atoms with Gasteiger partial charge in [-0.05, 0) is 18.2 Å². The first kappa shape index (κ1) is 13.7. The highest BCUT2D eigenvalue weighted by Crippen LogP contribution is 2.20. The number of carbonyl (C=O) groups excluding carboxylic acids is 2. The predicted octanol–water partition coefficient (Wildman–Crippen LogP) is 1.02. The Balaban J connectivity index is 3.15. The summed E-state index contributed by atoms with van der Waals surface area (Å²) in [7, 11) is -3.37. The van der Waals surface area contributed by atoms with Crippen molar-refractivity contribution in [2.24, 2.45) is 0 Å². The molecule has 1 aromatic rings. The molecule has 0 fully saturated rings. The minimum absolute atomic E-state index is 0.0156. The third-order valence-corrected chi connectivity index (χ3v) is 3.33. The fourth-order valence-corrected chi connectivity index (χ4v) is 2.12. The lowest BCUT2D eigenvalue weighted by atomic mass is 10.2. The molecule has 2 amide bonds. The Bertz CT molecular complexity index is 580. The summed E-state index contributed by atoms with van der Waals surface area (Å²) in [4.78, 5) is 22.2. The Kier molecular flexibility index (Phi) is 3.90. The van der Waals surface area contributed by atoms with Crippen LogP contribution >= 0.6 is 11.6 Å². The van der Waals surface area contributed by atoms with Crippen LogP contribution in [0.3, 0.4) is 0 Å². The second-order valence-corrected chi connectivity index (χ2v) is 5.85. The number of sulfone groups is 1. The Morgan fingerprint density at radius 1 is 1.29 bits per heavy atom. The summed E-state index contributed by atoms with van der Waals surface area (Å²) < 4.78 is 22.5. The number of imide groups is 1. The molecular formula is C10H10ClNO4S. The molecule has 17 heavy (non-hydrogen) atoms. The van der Waals surface area contributed by atoms with Crippen LogP contribution in [0.5, 0.6) is 0 Å². The van der Waals surface area contributed by atoms with Gasteiger partial charge in [0.1, 0.15) is 0 Å². The number of nitrogens with one attached hydrogen (secondary N) is 1. The summed E-state index contributed by atoms with van der Waals surface area (Å²) in [6, 6.07) is 3.69. The number of hydrogen-bond acceptors (Lipinski definition) is 4. The Morgan fingerprint density at radius 2 is 1.88 bits per heavy atom. The highest BCUT2D eigenvalue weighted by Gasteiger charge is 2.15. The number of carbonyl (C=O) groups is 2. The number of hydrogen-bond donors (Lipinski definition) is 1. The van der Waals surface area contributed by atoms with Crippen molar-refractivity contribution < 1.29 is 18.0 Å². The zero-order chi connectivity index (χ0) is 13.2. The molecule has 0 aliphatic carbocycles. The van der Waals surface area contributed by atoms with Gasteiger partial charge in [-0.15, -0.1) is 0 Å². The molecule has 1 rings (SSSR count). The summed E-state index contributed by atoms with van der Waals surface area (Å²) in [5, 5.41) is 2.02. The summed E-state index contributed by atoms with van der Waals surface area (Å²) in [5.41, 5.74) is 0.0502. The molecule has 0 radical (unpaired) electrons. The van der Waals surface area contributed by atoms with E-state index in [1.165, 1.54) is 25.1 Å². The third kappa shape index (κ3) is 3.54. The molecule has 0 heterocycles. The molecule has 0 spiro atoms. The van der Waals surface area contributed by atoms with Gasteiger partial charge in [0.2, 0.25) is 5.91 Å². The second kappa shape index (κ2) is 4.85. The van der Waals surface area contributed by atoms with E-state index in [0.717, 1.165) is 6.26 Å². The topological polar surface area (TPSA) is 80.3 Å². The van der Waals surface area contributed by atoms with Gasteiger partial charge >= 0.3 is 0 Å². The van der Waals surface area contributed by atoms with Crippen LogP contribution in [0.1, 0.15) is 17.3 Å². The molecule has 0 atom stereocenters. The first-order valence-electron chi connectivity index (χ1n) is 4.53. The van der Waals surface area contributed by atoms with E-state index in [1.807, 2.05) is 5.32 Å². The van der Waals surface area contributed by atoms with E-state index < -0.39 is 21.7 Å². The maximum absolute atomic E-state index is 11.5. The molecule has 0 saturated carbocycles. The van der Waals surface area contributed by atoms with E-state index in [-0.39, 0.29) is 15.5 Å². The van der Waals surface area contributed by atoms with Crippen LogP contribution in [-0.4, -0.2) is 26.5 Å². The Labute approximate surface area is 104 Å². The van der Waals surface area contributed by atoms with Crippen LogP contribution < -0.4 is 5.32 Å². The SMILES string of the molecule is CC(=O)NC(=O)c1ccc(S(C)(=O)=O)cc1Cl. The first-order valence-corrected chi connectivity index (χ1v) is 6.80. The molecule has 0 aliphatic heterocycles. The third-order valence-electron chi connectivity index (χ3n) is 1.90. The highest BCUT2D eigenvalue weighted by atomic mass is 35.5. The highest BCUT2D eigenvalue weighted by molar-refractivity contribution is 7.90. The van der Waals surface area contributed by atoms with Gasteiger partial charge in [-0.25, -0.2) is 8.42 Å². The molecule has 0 saturated heterocycles. The zero-order valence-electron chi connectivity index (χ0n) is 9.15. The van der Waals surface area contributed by atoms with Crippen molar-refractivity contribution in [3.8, 4) is 0 Å². The van der Waals surface area contributed by atoms with Crippen LogP contribution in [0.4, 0.5) is 0 Å². The molecule has 0 aromatic heterocycles. The molecule has 1 N–H and O–H groups in total. The molecule has 1 aromatic carbocycles. The minimum atomic E-state index is -3.37. The van der Waals surface area contributed by atoms with Crippen LogP contribution in [0.15, 0.2) is 23.1 Å².